The van der Waals surface area contributed by atoms with Crippen LogP contribution in [0.4, 0.5) is 0 Å². The fourth-order valence-electron chi connectivity index (χ4n) is 3.40. The van der Waals surface area contributed by atoms with Crippen molar-refractivity contribution in [2.75, 3.05) is 19.6 Å². The molecule has 0 saturated carbocycles. The highest BCUT2D eigenvalue weighted by molar-refractivity contribution is 5.85. The fourth-order valence-corrected chi connectivity index (χ4v) is 3.40. The van der Waals surface area contributed by atoms with Gasteiger partial charge in [0.2, 0.25) is 0 Å². The predicted octanol–water partition coefficient (Wildman–Crippen LogP) is 1.37. The number of oxime groups is 1. The van der Waals surface area contributed by atoms with E-state index in [0.29, 0.717) is 11.9 Å². The van der Waals surface area contributed by atoms with E-state index in [1.165, 1.54) is 32.4 Å². The first-order chi connectivity index (χ1) is 9.04. The van der Waals surface area contributed by atoms with Crippen molar-refractivity contribution in [1.82, 2.24) is 10.2 Å². The maximum absolute atomic E-state index is 8.74. The molecule has 0 amide bonds. The van der Waals surface area contributed by atoms with Crippen LogP contribution in [0.1, 0.15) is 46.0 Å². The molecule has 0 bridgehead atoms. The van der Waals surface area contributed by atoms with Crippen LogP contribution in [0.3, 0.4) is 0 Å². The molecule has 4 N–H and O–H groups in total. The van der Waals surface area contributed by atoms with Crippen LogP contribution in [0.15, 0.2) is 5.16 Å². The van der Waals surface area contributed by atoms with E-state index in [0.717, 1.165) is 25.4 Å². The zero-order chi connectivity index (χ0) is 13.9. The maximum Gasteiger partial charge on any atom is 0.144 e. The second-order valence-electron chi connectivity index (χ2n) is 6.57. The van der Waals surface area contributed by atoms with E-state index in [2.05, 4.69) is 15.4 Å². The lowest BCUT2D eigenvalue weighted by Gasteiger charge is -2.24. The Morgan fingerprint density at radius 2 is 2.21 bits per heavy atom. The molecule has 110 valence electrons. The van der Waals surface area contributed by atoms with Crippen LogP contribution >= 0.6 is 0 Å². The summed E-state index contributed by atoms with van der Waals surface area (Å²) in [5, 5.41) is 15.6. The minimum atomic E-state index is -0.217. The standard InChI is InChI=1S/C14H28N4O/c1-14(2,13(15)17-19)7-4-8-16-11-6-10-18-9-3-5-12(11)18/h11-12,16,19H,3-10H2,1-2H3,(H2,15,17). The smallest absolute Gasteiger partial charge is 0.144 e. The molecule has 2 fully saturated rings. The van der Waals surface area contributed by atoms with Gasteiger partial charge in [-0.15, -0.1) is 0 Å². The van der Waals surface area contributed by atoms with E-state index in [4.69, 9.17) is 10.9 Å². The van der Waals surface area contributed by atoms with Crippen LogP contribution in [-0.4, -0.2) is 47.7 Å². The normalized spacial score (nSPS) is 28.8. The number of rotatable bonds is 6. The largest absolute Gasteiger partial charge is 0.409 e. The van der Waals surface area contributed by atoms with Crippen molar-refractivity contribution in [3.63, 3.8) is 0 Å². The van der Waals surface area contributed by atoms with Gasteiger partial charge >= 0.3 is 0 Å². The summed E-state index contributed by atoms with van der Waals surface area (Å²) in [5.74, 6) is 0.329. The van der Waals surface area contributed by atoms with Crippen LogP contribution in [0.2, 0.25) is 0 Å². The summed E-state index contributed by atoms with van der Waals surface area (Å²) in [6.07, 6.45) is 6.00. The summed E-state index contributed by atoms with van der Waals surface area (Å²) in [6.45, 7) is 7.63. The zero-order valence-electron chi connectivity index (χ0n) is 12.2. The Labute approximate surface area is 116 Å². The number of hydrogen-bond donors (Lipinski definition) is 3. The highest BCUT2D eigenvalue weighted by Gasteiger charge is 2.36. The number of nitrogens with zero attached hydrogens (tertiary/aromatic N) is 2. The number of hydrogen-bond acceptors (Lipinski definition) is 4. The van der Waals surface area contributed by atoms with Gasteiger partial charge in [-0.05, 0) is 45.2 Å². The Balaban J connectivity index is 1.67. The van der Waals surface area contributed by atoms with Gasteiger partial charge in [0.1, 0.15) is 5.84 Å². The first-order valence-electron chi connectivity index (χ1n) is 7.50. The van der Waals surface area contributed by atoms with Crippen LogP contribution < -0.4 is 11.1 Å². The molecule has 19 heavy (non-hydrogen) atoms. The molecule has 5 heteroatoms. The molecule has 2 atom stereocenters. The van der Waals surface area contributed by atoms with Crippen LogP contribution in [0.25, 0.3) is 0 Å². The molecule has 2 aliphatic rings. The first-order valence-corrected chi connectivity index (χ1v) is 7.50. The minimum absolute atomic E-state index is 0.217. The molecule has 0 radical (unpaired) electrons. The maximum atomic E-state index is 8.74. The van der Waals surface area contributed by atoms with Crippen molar-refractivity contribution in [2.45, 2.75) is 58.0 Å². The van der Waals surface area contributed by atoms with Gasteiger partial charge in [0.25, 0.3) is 0 Å². The van der Waals surface area contributed by atoms with Crippen molar-refractivity contribution in [3.8, 4) is 0 Å². The highest BCUT2D eigenvalue weighted by Crippen LogP contribution is 2.28. The summed E-state index contributed by atoms with van der Waals surface area (Å²) < 4.78 is 0. The molecule has 5 nitrogen and oxygen atoms in total. The molecule has 2 saturated heterocycles. The SMILES string of the molecule is CC(C)(CCCNC1CCN2CCCC12)C(N)=NO. The Hall–Kier alpha value is -0.810. The molecule has 0 aliphatic carbocycles. The number of nitrogens with two attached hydrogens (primary N) is 1. The molecule has 0 aromatic heterocycles. The molecule has 2 rings (SSSR count). The monoisotopic (exact) mass is 268 g/mol. The molecule has 0 aromatic carbocycles. The summed E-state index contributed by atoms with van der Waals surface area (Å²) in [7, 11) is 0. The second-order valence-corrected chi connectivity index (χ2v) is 6.57. The van der Waals surface area contributed by atoms with Crippen LogP contribution in [0, 0.1) is 5.41 Å². The third-order valence-electron chi connectivity index (χ3n) is 4.79. The van der Waals surface area contributed by atoms with Crippen LogP contribution in [0.5, 0.6) is 0 Å². The van der Waals surface area contributed by atoms with E-state index in [1.807, 2.05) is 13.8 Å². The van der Waals surface area contributed by atoms with Gasteiger partial charge in [0.15, 0.2) is 0 Å². The quantitative estimate of drug-likeness (QED) is 0.224. The Morgan fingerprint density at radius 3 is 2.95 bits per heavy atom. The zero-order valence-corrected chi connectivity index (χ0v) is 12.2. The number of fused-ring (bicyclic) bond motifs is 1. The molecular formula is C14H28N4O. The van der Waals surface area contributed by atoms with E-state index in [-0.39, 0.29) is 5.41 Å². The van der Waals surface area contributed by atoms with Crippen LogP contribution in [-0.2, 0) is 0 Å². The molecule has 0 aromatic rings. The average Bonchev–Trinajstić information content (AvgIpc) is 2.97. The highest BCUT2D eigenvalue weighted by atomic mass is 16.4. The van der Waals surface area contributed by atoms with Crippen molar-refractivity contribution in [1.29, 1.82) is 0 Å². The minimum Gasteiger partial charge on any atom is -0.409 e. The molecule has 0 spiro atoms. The van der Waals surface area contributed by atoms with Gasteiger partial charge in [-0.3, -0.25) is 4.90 Å². The van der Waals surface area contributed by atoms with E-state index in [1.54, 1.807) is 0 Å². The lowest BCUT2D eigenvalue weighted by Crippen LogP contribution is -2.40. The van der Waals surface area contributed by atoms with Gasteiger partial charge in [-0.25, -0.2) is 0 Å². The lowest BCUT2D eigenvalue weighted by molar-refractivity contribution is 0.294. The van der Waals surface area contributed by atoms with Crippen molar-refractivity contribution in [3.05, 3.63) is 0 Å². The van der Waals surface area contributed by atoms with Gasteiger partial charge in [0, 0.05) is 24.0 Å². The molecule has 2 unspecified atom stereocenters. The van der Waals surface area contributed by atoms with Crippen molar-refractivity contribution in [2.24, 2.45) is 16.3 Å². The van der Waals surface area contributed by atoms with E-state index in [9.17, 15) is 0 Å². The number of nitrogens with one attached hydrogen (secondary N) is 1. The Morgan fingerprint density at radius 1 is 1.42 bits per heavy atom. The Bertz CT molecular complexity index is 329. The summed E-state index contributed by atoms with van der Waals surface area (Å²) in [5.41, 5.74) is 5.48. The number of amidine groups is 1. The van der Waals surface area contributed by atoms with Gasteiger partial charge in [0.05, 0.1) is 0 Å². The van der Waals surface area contributed by atoms with Crippen molar-refractivity contribution >= 4 is 5.84 Å². The molecular weight excluding hydrogens is 240 g/mol. The van der Waals surface area contributed by atoms with Crippen molar-refractivity contribution < 1.29 is 5.21 Å². The summed E-state index contributed by atoms with van der Waals surface area (Å²) in [6, 6.07) is 1.45. The molecule has 2 aliphatic heterocycles. The molecule has 2 heterocycles. The summed E-state index contributed by atoms with van der Waals surface area (Å²) >= 11 is 0. The third kappa shape index (κ3) is 3.39. The van der Waals surface area contributed by atoms with E-state index < -0.39 is 0 Å². The summed E-state index contributed by atoms with van der Waals surface area (Å²) in [4.78, 5) is 2.62. The van der Waals surface area contributed by atoms with Gasteiger partial charge < -0.3 is 16.3 Å². The first kappa shape index (κ1) is 14.6. The van der Waals surface area contributed by atoms with Gasteiger partial charge in [-0.2, -0.15) is 0 Å². The third-order valence-corrected chi connectivity index (χ3v) is 4.79. The lowest BCUT2D eigenvalue weighted by atomic mass is 9.86. The Kier molecular flexibility index (Phi) is 4.68. The van der Waals surface area contributed by atoms with E-state index >= 15 is 0 Å². The van der Waals surface area contributed by atoms with Gasteiger partial charge in [-0.1, -0.05) is 19.0 Å². The average molecular weight is 268 g/mol. The second kappa shape index (κ2) is 6.09. The topological polar surface area (TPSA) is 73.9 Å². The predicted molar refractivity (Wildman–Crippen MR) is 77.4 cm³/mol. The fraction of sp³-hybridized carbons (Fsp3) is 0.929.